The monoisotopic (exact) mass is 395 g/mol. The Morgan fingerprint density at radius 1 is 1.45 bits per heavy atom. The number of rotatable bonds is 6. The number of guanidine groups is 1. The van der Waals surface area contributed by atoms with Crippen molar-refractivity contribution in [3.63, 3.8) is 0 Å². The first-order valence-corrected chi connectivity index (χ1v) is 6.73. The van der Waals surface area contributed by atoms with Gasteiger partial charge in [-0.15, -0.1) is 24.0 Å². The van der Waals surface area contributed by atoms with Crippen molar-refractivity contribution in [3.8, 4) is 0 Å². The van der Waals surface area contributed by atoms with Crippen LogP contribution in [0.15, 0.2) is 17.4 Å². The summed E-state index contributed by atoms with van der Waals surface area (Å²) in [5.74, 6) is 0.730. The van der Waals surface area contributed by atoms with Crippen LogP contribution < -0.4 is 10.6 Å². The molecule has 20 heavy (non-hydrogen) atoms. The van der Waals surface area contributed by atoms with Crippen LogP contribution in [0.2, 0.25) is 0 Å². The van der Waals surface area contributed by atoms with Gasteiger partial charge in [-0.1, -0.05) is 6.92 Å². The molecular weight excluding hydrogens is 369 g/mol. The molecule has 116 valence electrons. The van der Waals surface area contributed by atoms with E-state index in [0.717, 1.165) is 31.0 Å². The molecule has 1 rings (SSSR count). The lowest BCUT2D eigenvalue weighted by atomic mass is 10.0. The number of aryl methyl sites for hydroxylation is 1. The average molecular weight is 395 g/mol. The number of nitrogens with zero attached hydrogens (tertiary/aromatic N) is 3. The van der Waals surface area contributed by atoms with E-state index in [2.05, 4.69) is 27.6 Å². The Kier molecular flexibility index (Phi) is 8.79. The SMILES string of the molecule is CCCNC(=NCC(C)(O)c1cnn(C)c1)NCC.I. The summed E-state index contributed by atoms with van der Waals surface area (Å²) in [6.45, 7) is 7.81. The summed E-state index contributed by atoms with van der Waals surface area (Å²) in [6.07, 6.45) is 4.51. The van der Waals surface area contributed by atoms with Crippen molar-refractivity contribution in [3.05, 3.63) is 18.0 Å². The lowest BCUT2D eigenvalue weighted by molar-refractivity contribution is 0.0672. The number of aliphatic imine (C=N–C) groups is 1. The van der Waals surface area contributed by atoms with Gasteiger partial charge in [0, 0.05) is 31.9 Å². The topological polar surface area (TPSA) is 74.5 Å². The van der Waals surface area contributed by atoms with Crippen molar-refractivity contribution in [2.24, 2.45) is 12.0 Å². The highest BCUT2D eigenvalue weighted by molar-refractivity contribution is 14.0. The Balaban J connectivity index is 0.00000361. The van der Waals surface area contributed by atoms with E-state index in [1.807, 2.05) is 20.2 Å². The second kappa shape index (κ2) is 9.17. The molecule has 0 aliphatic carbocycles. The van der Waals surface area contributed by atoms with Crippen LogP contribution in [0.5, 0.6) is 0 Å². The minimum Gasteiger partial charge on any atom is -0.383 e. The first kappa shape index (κ1) is 19.2. The molecule has 0 aliphatic heterocycles. The smallest absolute Gasteiger partial charge is 0.191 e. The molecule has 0 amide bonds. The van der Waals surface area contributed by atoms with Crippen molar-refractivity contribution in [2.45, 2.75) is 32.8 Å². The maximum atomic E-state index is 10.4. The zero-order chi connectivity index (χ0) is 14.3. The summed E-state index contributed by atoms with van der Waals surface area (Å²) in [7, 11) is 1.83. The fourth-order valence-corrected chi connectivity index (χ4v) is 1.61. The number of aromatic nitrogens is 2. The third-order valence-corrected chi connectivity index (χ3v) is 2.76. The number of hydrogen-bond acceptors (Lipinski definition) is 3. The van der Waals surface area contributed by atoms with Crippen LogP contribution in [-0.4, -0.2) is 40.5 Å². The van der Waals surface area contributed by atoms with Gasteiger partial charge in [-0.3, -0.25) is 4.68 Å². The Bertz CT molecular complexity index is 417. The third kappa shape index (κ3) is 6.08. The van der Waals surface area contributed by atoms with E-state index in [1.165, 1.54) is 0 Å². The first-order chi connectivity index (χ1) is 8.99. The molecule has 1 heterocycles. The quantitative estimate of drug-likeness (QED) is 0.385. The molecule has 0 radical (unpaired) electrons. The molecule has 6 nitrogen and oxygen atoms in total. The largest absolute Gasteiger partial charge is 0.383 e. The van der Waals surface area contributed by atoms with Crippen LogP contribution in [0, 0.1) is 0 Å². The van der Waals surface area contributed by atoms with Crippen LogP contribution in [0.1, 0.15) is 32.8 Å². The minimum atomic E-state index is -1.01. The van der Waals surface area contributed by atoms with E-state index >= 15 is 0 Å². The van der Waals surface area contributed by atoms with Gasteiger partial charge < -0.3 is 15.7 Å². The van der Waals surface area contributed by atoms with Crippen molar-refractivity contribution in [2.75, 3.05) is 19.6 Å². The average Bonchev–Trinajstić information content (AvgIpc) is 2.80. The summed E-state index contributed by atoms with van der Waals surface area (Å²) in [5.41, 5.74) is -0.242. The van der Waals surface area contributed by atoms with Crippen LogP contribution in [0.25, 0.3) is 0 Å². The van der Waals surface area contributed by atoms with E-state index in [0.29, 0.717) is 0 Å². The van der Waals surface area contributed by atoms with E-state index in [-0.39, 0.29) is 30.5 Å². The molecule has 3 N–H and O–H groups in total. The van der Waals surface area contributed by atoms with Crippen LogP contribution in [0.4, 0.5) is 0 Å². The molecule has 0 spiro atoms. The fourth-order valence-electron chi connectivity index (χ4n) is 1.61. The summed E-state index contributed by atoms with van der Waals surface area (Å²) >= 11 is 0. The molecule has 1 aromatic heterocycles. The predicted molar refractivity (Wildman–Crippen MR) is 92.5 cm³/mol. The fraction of sp³-hybridized carbons (Fsp3) is 0.692. The van der Waals surface area contributed by atoms with Gasteiger partial charge in [0.1, 0.15) is 5.60 Å². The van der Waals surface area contributed by atoms with E-state index < -0.39 is 5.60 Å². The summed E-state index contributed by atoms with van der Waals surface area (Å²) in [5, 5.41) is 20.9. The lowest BCUT2D eigenvalue weighted by Gasteiger charge is -2.20. The molecule has 0 fully saturated rings. The van der Waals surface area contributed by atoms with Gasteiger partial charge in [-0.2, -0.15) is 5.10 Å². The zero-order valence-corrected chi connectivity index (χ0v) is 15.0. The Morgan fingerprint density at radius 3 is 2.65 bits per heavy atom. The second-order valence-electron chi connectivity index (χ2n) is 4.80. The van der Waals surface area contributed by atoms with Crippen LogP contribution >= 0.6 is 24.0 Å². The number of aliphatic hydroxyl groups is 1. The van der Waals surface area contributed by atoms with Gasteiger partial charge in [0.15, 0.2) is 5.96 Å². The molecule has 0 saturated carbocycles. The molecule has 0 aromatic carbocycles. The predicted octanol–water partition coefficient (Wildman–Crippen LogP) is 1.21. The molecule has 7 heteroatoms. The molecule has 1 atom stereocenters. The third-order valence-electron chi connectivity index (χ3n) is 2.76. The minimum absolute atomic E-state index is 0. The molecule has 0 saturated heterocycles. The second-order valence-corrected chi connectivity index (χ2v) is 4.80. The molecular formula is C13H26IN5O. The number of nitrogens with one attached hydrogen (secondary N) is 2. The molecule has 0 aliphatic rings. The maximum absolute atomic E-state index is 10.4. The van der Waals surface area contributed by atoms with Crippen molar-refractivity contribution in [1.82, 2.24) is 20.4 Å². The summed E-state index contributed by atoms with van der Waals surface area (Å²) in [6, 6.07) is 0. The summed E-state index contributed by atoms with van der Waals surface area (Å²) < 4.78 is 1.67. The van der Waals surface area contributed by atoms with Crippen molar-refractivity contribution < 1.29 is 5.11 Å². The van der Waals surface area contributed by atoms with Crippen LogP contribution in [0.3, 0.4) is 0 Å². The Morgan fingerprint density at radius 2 is 2.15 bits per heavy atom. The highest BCUT2D eigenvalue weighted by Gasteiger charge is 2.24. The summed E-state index contributed by atoms with van der Waals surface area (Å²) in [4.78, 5) is 4.42. The van der Waals surface area contributed by atoms with E-state index in [4.69, 9.17) is 0 Å². The first-order valence-electron chi connectivity index (χ1n) is 6.73. The van der Waals surface area contributed by atoms with Gasteiger partial charge >= 0.3 is 0 Å². The standard InChI is InChI=1S/C13H25N5O.HI/c1-5-7-15-12(14-6-2)16-10-13(3,19)11-8-17-18(4)9-11;/h8-9,19H,5-7,10H2,1-4H3,(H2,14,15,16);1H. The van der Waals surface area contributed by atoms with Crippen molar-refractivity contribution in [1.29, 1.82) is 0 Å². The Labute approximate surface area is 138 Å². The molecule has 0 bridgehead atoms. The highest BCUT2D eigenvalue weighted by atomic mass is 127. The zero-order valence-electron chi connectivity index (χ0n) is 12.7. The number of halogens is 1. The normalized spacial score (nSPS) is 14.3. The van der Waals surface area contributed by atoms with Crippen LogP contribution in [-0.2, 0) is 12.6 Å². The molecule has 1 unspecified atom stereocenters. The molecule has 1 aromatic rings. The van der Waals surface area contributed by atoms with Crippen molar-refractivity contribution >= 4 is 29.9 Å². The van der Waals surface area contributed by atoms with Gasteiger partial charge in [0.05, 0.1) is 12.7 Å². The maximum Gasteiger partial charge on any atom is 0.191 e. The van der Waals surface area contributed by atoms with E-state index in [1.54, 1.807) is 17.8 Å². The Hall–Kier alpha value is -0.830. The van der Waals surface area contributed by atoms with Gasteiger partial charge in [-0.25, -0.2) is 4.99 Å². The van der Waals surface area contributed by atoms with Gasteiger partial charge in [0.2, 0.25) is 0 Å². The van der Waals surface area contributed by atoms with Gasteiger partial charge in [-0.05, 0) is 20.3 Å². The van der Waals surface area contributed by atoms with Gasteiger partial charge in [0.25, 0.3) is 0 Å². The highest BCUT2D eigenvalue weighted by Crippen LogP contribution is 2.19. The van der Waals surface area contributed by atoms with E-state index in [9.17, 15) is 5.11 Å². The number of hydrogen-bond donors (Lipinski definition) is 3. The lowest BCUT2D eigenvalue weighted by Crippen LogP contribution is -2.39.